The Hall–Kier alpha value is -3.86. The highest BCUT2D eigenvalue weighted by atomic mass is 16.5. The predicted octanol–water partition coefficient (Wildman–Crippen LogP) is 4.61. The average molecular weight is 369 g/mol. The molecule has 1 amide bonds. The molecule has 1 aromatic heterocycles. The van der Waals surface area contributed by atoms with Crippen molar-refractivity contribution >= 4 is 23.0 Å². The highest BCUT2D eigenvalue weighted by Gasteiger charge is 2.19. The van der Waals surface area contributed by atoms with E-state index in [2.05, 4.69) is 15.5 Å². The summed E-state index contributed by atoms with van der Waals surface area (Å²) in [6.07, 6.45) is 1.62. The number of nitrogens with one attached hydrogen (secondary N) is 2. The lowest BCUT2D eigenvalue weighted by molar-refractivity contribution is 0.0951. The molecule has 0 unspecified atom stereocenters. The van der Waals surface area contributed by atoms with Crippen LogP contribution in [0.3, 0.4) is 0 Å². The Kier molecular flexibility index (Phi) is 4.89. The topological polar surface area (TPSA) is 66.5 Å². The number of H-pyrrole nitrogens is 1. The van der Waals surface area contributed by atoms with Crippen LogP contribution in [0, 0.1) is 0 Å². The minimum atomic E-state index is -0.304. The molecule has 0 aliphatic heterocycles. The van der Waals surface area contributed by atoms with E-state index in [1.807, 2.05) is 78.9 Å². The van der Waals surface area contributed by atoms with Gasteiger partial charge >= 0.3 is 0 Å². The normalized spacial score (nSPS) is 11.0. The van der Waals surface area contributed by atoms with Gasteiger partial charge in [-0.2, -0.15) is 5.10 Å². The molecule has 0 aliphatic carbocycles. The van der Waals surface area contributed by atoms with Crippen LogP contribution in [-0.2, 0) is 0 Å². The SMILES string of the molecule is COc1ccc2[nH]c(C(=O)N/N=C/c3ccccc3)c(-c3ccccc3)c2c1. The van der Waals surface area contributed by atoms with Crippen molar-refractivity contribution in [3.05, 3.63) is 90.1 Å². The number of hydrogen-bond acceptors (Lipinski definition) is 3. The van der Waals surface area contributed by atoms with Crippen LogP contribution in [0.15, 0.2) is 84.0 Å². The molecule has 0 saturated carbocycles. The summed E-state index contributed by atoms with van der Waals surface area (Å²) in [5.74, 6) is 0.430. The van der Waals surface area contributed by atoms with Crippen LogP contribution >= 0.6 is 0 Å². The number of carbonyl (C=O) groups is 1. The second-order valence-corrected chi connectivity index (χ2v) is 6.26. The van der Waals surface area contributed by atoms with E-state index in [1.165, 1.54) is 0 Å². The zero-order valence-electron chi connectivity index (χ0n) is 15.3. The molecule has 3 aromatic carbocycles. The van der Waals surface area contributed by atoms with E-state index < -0.39 is 0 Å². The number of benzene rings is 3. The Morgan fingerprint density at radius 1 is 1.00 bits per heavy atom. The van der Waals surface area contributed by atoms with Crippen LogP contribution in [-0.4, -0.2) is 24.2 Å². The molecular weight excluding hydrogens is 350 g/mol. The van der Waals surface area contributed by atoms with Crippen molar-refractivity contribution in [2.45, 2.75) is 0 Å². The van der Waals surface area contributed by atoms with Crippen molar-refractivity contribution in [2.24, 2.45) is 5.10 Å². The summed E-state index contributed by atoms with van der Waals surface area (Å²) >= 11 is 0. The fourth-order valence-corrected chi connectivity index (χ4v) is 3.13. The molecule has 0 bridgehead atoms. The Bertz CT molecular complexity index is 1130. The van der Waals surface area contributed by atoms with E-state index >= 15 is 0 Å². The van der Waals surface area contributed by atoms with Gasteiger partial charge in [0.15, 0.2) is 0 Å². The number of ether oxygens (including phenoxy) is 1. The highest BCUT2D eigenvalue weighted by molar-refractivity contribution is 6.10. The molecule has 5 heteroatoms. The van der Waals surface area contributed by atoms with Gasteiger partial charge in [-0.1, -0.05) is 60.7 Å². The zero-order valence-corrected chi connectivity index (χ0v) is 15.3. The van der Waals surface area contributed by atoms with E-state index in [0.29, 0.717) is 5.69 Å². The fourth-order valence-electron chi connectivity index (χ4n) is 3.13. The van der Waals surface area contributed by atoms with Gasteiger partial charge in [0.05, 0.1) is 13.3 Å². The minimum absolute atomic E-state index is 0.304. The molecule has 0 fully saturated rings. The van der Waals surface area contributed by atoms with Gasteiger partial charge in [-0.25, -0.2) is 5.43 Å². The van der Waals surface area contributed by atoms with Crippen LogP contribution in [0.2, 0.25) is 0 Å². The summed E-state index contributed by atoms with van der Waals surface area (Å²) < 4.78 is 5.36. The van der Waals surface area contributed by atoms with Crippen LogP contribution < -0.4 is 10.2 Å². The summed E-state index contributed by atoms with van der Waals surface area (Å²) in [6.45, 7) is 0. The van der Waals surface area contributed by atoms with Crippen LogP contribution in [0.4, 0.5) is 0 Å². The largest absolute Gasteiger partial charge is 0.497 e. The summed E-state index contributed by atoms with van der Waals surface area (Å²) in [4.78, 5) is 16.1. The Morgan fingerprint density at radius 2 is 1.71 bits per heavy atom. The number of aromatic amines is 1. The smallest absolute Gasteiger partial charge is 0.288 e. The molecule has 1 heterocycles. The third kappa shape index (κ3) is 3.50. The predicted molar refractivity (Wildman–Crippen MR) is 112 cm³/mol. The quantitative estimate of drug-likeness (QED) is 0.399. The minimum Gasteiger partial charge on any atom is -0.497 e. The molecule has 2 N–H and O–H groups in total. The maximum absolute atomic E-state index is 12.9. The van der Waals surface area contributed by atoms with Crippen molar-refractivity contribution in [2.75, 3.05) is 7.11 Å². The van der Waals surface area contributed by atoms with E-state index in [4.69, 9.17) is 4.74 Å². The molecule has 0 radical (unpaired) electrons. The summed E-state index contributed by atoms with van der Waals surface area (Å²) in [7, 11) is 1.63. The first-order valence-electron chi connectivity index (χ1n) is 8.90. The number of methoxy groups -OCH3 is 1. The molecule has 0 aliphatic rings. The third-order valence-corrected chi connectivity index (χ3v) is 4.47. The van der Waals surface area contributed by atoms with Crippen molar-refractivity contribution in [1.29, 1.82) is 0 Å². The van der Waals surface area contributed by atoms with Gasteiger partial charge in [0.25, 0.3) is 5.91 Å². The second-order valence-electron chi connectivity index (χ2n) is 6.26. The number of aromatic nitrogens is 1. The number of nitrogens with zero attached hydrogens (tertiary/aromatic N) is 1. The van der Waals surface area contributed by atoms with Crippen molar-refractivity contribution in [1.82, 2.24) is 10.4 Å². The molecule has 0 atom stereocenters. The Labute approximate surface area is 162 Å². The summed E-state index contributed by atoms with van der Waals surface area (Å²) in [5.41, 5.74) is 6.61. The number of carbonyl (C=O) groups excluding carboxylic acids is 1. The number of fused-ring (bicyclic) bond motifs is 1. The molecule has 28 heavy (non-hydrogen) atoms. The number of hydrogen-bond donors (Lipinski definition) is 2. The van der Waals surface area contributed by atoms with Gasteiger partial charge in [0.1, 0.15) is 11.4 Å². The van der Waals surface area contributed by atoms with Crippen LogP contribution in [0.5, 0.6) is 5.75 Å². The lowest BCUT2D eigenvalue weighted by Gasteiger charge is -2.05. The molecule has 138 valence electrons. The molecule has 4 rings (SSSR count). The fraction of sp³-hybridized carbons (Fsp3) is 0.0435. The zero-order chi connectivity index (χ0) is 19.3. The standard InChI is InChI=1S/C23H19N3O2/c1-28-18-12-13-20-19(14-18)21(17-10-6-3-7-11-17)22(25-20)23(27)26-24-15-16-8-4-2-5-9-16/h2-15,25H,1H3,(H,26,27)/b24-15+. The molecule has 0 saturated heterocycles. The molecule has 0 spiro atoms. The number of amides is 1. The molecular formula is C23H19N3O2. The number of rotatable bonds is 5. The first-order chi connectivity index (χ1) is 13.8. The lowest BCUT2D eigenvalue weighted by Crippen LogP contribution is -2.18. The maximum Gasteiger partial charge on any atom is 0.288 e. The lowest BCUT2D eigenvalue weighted by atomic mass is 10.0. The molecule has 4 aromatic rings. The first-order valence-corrected chi connectivity index (χ1v) is 8.90. The van der Waals surface area contributed by atoms with E-state index in [0.717, 1.165) is 33.3 Å². The van der Waals surface area contributed by atoms with Gasteiger partial charge in [-0.3, -0.25) is 4.79 Å². The van der Waals surface area contributed by atoms with Gasteiger partial charge in [0.2, 0.25) is 0 Å². The van der Waals surface area contributed by atoms with Gasteiger partial charge < -0.3 is 9.72 Å². The van der Waals surface area contributed by atoms with Gasteiger partial charge in [-0.15, -0.1) is 0 Å². The van der Waals surface area contributed by atoms with Crippen LogP contribution in [0.1, 0.15) is 16.1 Å². The Morgan fingerprint density at radius 3 is 2.43 bits per heavy atom. The van der Waals surface area contributed by atoms with Crippen LogP contribution in [0.25, 0.3) is 22.0 Å². The summed E-state index contributed by atoms with van der Waals surface area (Å²) in [5, 5.41) is 5.01. The van der Waals surface area contributed by atoms with Gasteiger partial charge in [-0.05, 0) is 29.3 Å². The third-order valence-electron chi connectivity index (χ3n) is 4.47. The van der Waals surface area contributed by atoms with Crippen molar-refractivity contribution < 1.29 is 9.53 Å². The maximum atomic E-state index is 12.9. The average Bonchev–Trinajstić information content (AvgIpc) is 3.13. The monoisotopic (exact) mass is 369 g/mol. The molecule has 5 nitrogen and oxygen atoms in total. The van der Waals surface area contributed by atoms with E-state index in [1.54, 1.807) is 13.3 Å². The van der Waals surface area contributed by atoms with Crippen molar-refractivity contribution in [3.63, 3.8) is 0 Å². The van der Waals surface area contributed by atoms with Gasteiger partial charge in [0, 0.05) is 16.5 Å². The van der Waals surface area contributed by atoms with E-state index in [9.17, 15) is 4.79 Å². The first kappa shape index (κ1) is 17.5. The highest BCUT2D eigenvalue weighted by Crippen LogP contribution is 2.34. The van der Waals surface area contributed by atoms with E-state index in [-0.39, 0.29) is 5.91 Å². The number of hydrazone groups is 1. The Balaban J connectivity index is 1.73. The summed E-state index contributed by atoms with van der Waals surface area (Å²) in [6, 6.07) is 25.1. The van der Waals surface area contributed by atoms with Crippen molar-refractivity contribution in [3.8, 4) is 16.9 Å². The second kappa shape index (κ2) is 7.80.